The lowest BCUT2D eigenvalue weighted by molar-refractivity contribution is 0.0137. The van der Waals surface area contributed by atoms with Crippen molar-refractivity contribution >= 4 is 17.4 Å². The first-order chi connectivity index (χ1) is 16.9. The van der Waals surface area contributed by atoms with E-state index in [1.807, 2.05) is 36.4 Å². The Bertz CT molecular complexity index is 1160. The van der Waals surface area contributed by atoms with Crippen LogP contribution in [0.2, 0.25) is 0 Å². The molecule has 4 rings (SSSR count). The first kappa shape index (κ1) is 24.7. The van der Waals surface area contributed by atoms with Crippen molar-refractivity contribution in [1.29, 1.82) is 0 Å². The Morgan fingerprint density at radius 3 is 2.71 bits per heavy atom. The molecule has 1 fully saturated rings. The van der Waals surface area contributed by atoms with Crippen LogP contribution in [0, 0.1) is 11.2 Å². The van der Waals surface area contributed by atoms with Crippen molar-refractivity contribution in [1.82, 2.24) is 4.98 Å². The van der Waals surface area contributed by atoms with Crippen LogP contribution in [0.1, 0.15) is 47.7 Å². The van der Waals surface area contributed by atoms with Gasteiger partial charge in [-0.05, 0) is 79.0 Å². The average molecular weight is 478 g/mol. The molecule has 0 radical (unpaired) electrons. The van der Waals surface area contributed by atoms with Crippen LogP contribution in [0.5, 0.6) is 5.75 Å². The number of carbonyl (C=O) groups excluding carboxylic acids is 1. The number of nitrogens with two attached hydrogens (primary N) is 1. The van der Waals surface area contributed by atoms with Gasteiger partial charge in [0.15, 0.2) is 0 Å². The Morgan fingerprint density at radius 2 is 1.94 bits per heavy atom. The zero-order valence-electron chi connectivity index (χ0n) is 20.1. The van der Waals surface area contributed by atoms with Crippen LogP contribution in [-0.4, -0.2) is 30.7 Å². The maximum absolute atomic E-state index is 13.5. The van der Waals surface area contributed by atoms with Crippen molar-refractivity contribution in [2.24, 2.45) is 11.1 Å². The van der Waals surface area contributed by atoms with E-state index in [1.54, 1.807) is 6.07 Å². The van der Waals surface area contributed by atoms with E-state index in [4.69, 9.17) is 15.2 Å². The number of amides is 1. The Balaban J connectivity index is 1.40. The van der Waals surface area contributed by atoms with Crippen molar-refractivity contribution in [2.45, 2.75) is 39.0 Å². The number of carbonyl (C=O) groups is 1. The lowest BCUT2D eigenvalue weighted by Crippen LogP contribution is -2.28. The van der Waals surface area contributed by atoms with Crippen molar-refractivity contribution in [2.75, 3.05) is 25.1 Å². The molecule has 1 aromatic heterocycles. The summed E-state index contributed by atoms with van der Waals surface area (Å²) in [6.45, 7) is 4.59. The molecular formula is C28H32FN3O3. The first-order valence-electron chi connectivity index (χ1n) is 12.0. The van der Waals surface area contributed by atoms with Crippen LogP contribution < -0.4 is 15.8 Å². The van der Waals surface area contributed by atoms with Crippen LogP contribution in [0.15, 0.2) is 60.8 Å². The zero-order chi connectivity index (χ0) is 24.7. The van der Waals surface area contributed by atoms with E-state index in [9.17, 15) is 9.18 Å². The molecule has 3 aromatic rings. The molecule has 1 aliphatic rings. The number of rotatable bonds is 10. The second kappa shape index (κ2) is 11.3. The molecular weight excluding hydrogens is 445 g/mol. The average Bonchev–Trinajstić information content (AvgIpc) is 2.83. The second-order valence-corrected chi connectivity index (χ2v) is 9.40. The van der Waals surface area contributed by atoms with Crippen LogP contribution in [-0.2, 0) is 17.6 Å². The van der Waals surface area contributed by atoms with Crippen molar-refractivity contribution < 1.29 is 18.7 Å². The fraction of sp³-hybridized carbons (Fsp3) is 0.357. The summed E-state index contributed by atoms with van der Waals surface area (Å²) in [7, 11) is 0. The molecule has 0 unspecified atom stereocenters. The highest BCUT2D eigenvalue weighted by molar-refractivity contribution is 5.94. The summed E-state index contributed by atoms with van der Waals surface area (Å²) >= 11 is 0. The van der Waals surface area contributed by atoms with E-state index in [0.29, 0.717) is 30.8 Å². The maximum Gasteiger partial charge on any atom is 0.250 e. The van der Waals surface area contributed by atoms with Gasteiger partial charge in [0.2, 0.25) is 0 Å². The number of nitrogens with one attached hydrogen (secondary N) is 1. The largest absolute Gasteiger partial charge is 0.493 e. The number of aryl methyl sites for hydroxylation is 2. The lowest BCUT2D eigenvalue weighted by atomic mass is 9.80. The molecule has 2 aromatic carbocycles. The summed E-state index contributed by atoms with van der Waals surface area (Å²) in [6.07, 6.45) is 5.71. The van der Waals surface area contributed by atoms with Crippen LogP contribution >= 0.6 is 0 Å². The molecule has 0 aliphatic carbocycles. The molecule has 35 heavy (non-hydrogen) atoms. The van der Waals surface area contributed by atoms with E-state index in [2.05, 4.69) is 17.2 Å². The van der Waals surface area contributed by atoms with E-state index in [-0.39, 0.29) is 11.2 Å². The number of nitrogens with zero attached hydrogens (tertiary/aromatic N) is 1. The Morgan fingerprint density at radius 1 is 1.14 bits per heavy atom. The van der Waals surface area contributed by atoms with E-state index < -0.39 is 5.91 Å². The highest BCUT2D eigenvalue weighted by atomic mass is 19.1. The maximum atomic E-state index is 13.5. The lowest BCUT2D eigenvalue weighted by Gasteiger charge is -2.33. The van der Waals surface area contributed by atoms with Gasteiger partial charge in [0, 0.05) is 31.2 Å². The van der Waals surface area contributed by atoms with E-state index in [1.165, 1.54) is 18.3 Å². The SMILES string of the molecule is CC1(CCOc2cccc(Nc3cc(CCc4cccc(F)c4)c(C(N)=O)cn3)c2)CCOCC1. The summed E-state index contributed by atoms with van der Waals surface area (Å²) < 4.78 is 25.0. The fourth-order valence-electron chi connectivity index (χ4n) is 4.31. The van der Waals surface area contributed by atoms with Gasteiger partial charge in [-0.15, -0.1) is 0 Å². The number of hydrogen-bond donors (Lipinski definition) is 2. The summed E-state index contributed by atoms with van der Waals surface area (Å²) in [5.74, 6) is 0.562. The Labute approximate surface area is 205 Å². The Hall–Kier alpha value is -3.45. The van der Waals surface area contributed by atoms with E-state index in [0.717, 1.165) is 55.0 Å². The molecule has 2 heterocycles. The minimum atomic E-state index is -0.535. The highest BCUT2D eigenvalue weighted by Crippen LogP contribution is 2.33. The Kier molecular flexibility index (Phi) is 7.98. The standard InChI is InChI=1S/C28H32FN3O3/c1-28(10-13-34-14-11-28)12-15-35-24-7-3-6-23(18-24)32-26-17-21(25(19-31-26)27(30)33)9-8-20-4-2-5-22(29)16-20/h2-7,16-19H,8-15H2,1H3,(H2,30,33)(H,31,32). The number of benzene rings is 2. The molecule has 0 spiro atoms. The predicted octanol–water partition coefficient (Wildman–Crippen LogP) is 5.43. The number of halogens is 1. The summed E-state index contributed by atoms with van der Waals surface area (Å²) in [5.41, 5.74) is 8.63. The van der Waals surface area contributed by atoms with Crippen molar-refractivity contribution in [3.63, 3.8) is 0 Å². The van der Waals surface area contributed by atoms with Gasteiger partial charge < -0.3 is 20.5 Å². The van der Waals surface area contributed by atoms with Crippen molar-refractivity contribution in [3.05, 3.63) is 83.3 Å². The predicted molar refractivity (Wildman–Crippen MR) is 135 cm³/mol. The highest BCUT2D eigenvalue weighted by Gasteiger charge is 2.27. The quantitative estimate of drug-likeness (QED) is 0.406. The minimum absolute atomic E-state index is 0.266. The van der Waals surface area contributed by atoms with Crippen LogP contribution in [0.3, 0.4) is 0 Å². The van der Waals surface area contributed by atoms with Gasteiger partial charge in [-0.25, -0.2) is 9.37 Å². The number of pyridine rings is 1. The zero-order valence-corrected chi connectivity index (χ0v) is 20.1. The van der Waals surface area contributed by atoms with Crippen LogP contribution in [0.4, 0.5) is 15.9 Å². The summed E-state index contributed by atoms with van der Waals surface area (Å²) in [4.78, 5) is 16.3. The molecule has 6 nitrogen and oxygen atoms in total. The number of ether oxygens (including phenoxy) is 2. The number of primary amides is 1. The topological polar surface area (TPSA) is 86.5 Å². The molecule has 184 valence electrons. The molecule has 0 atom stereocenters. The summed E-state index contributed by atoms with van der Waals surface area (Å²) in [6, 6.07) is 16.0. The summed E-state index contributed by atoms with van der Waals surface area (Å²) in [5, 5.41) is 3.29. The first-order valence-corrected chi connectivity index (χ1v) is 12.0. The third-order valence-electron chi connectivity index (χ3n) is 6.61. The number of anilines is 2. The number of hydrogen-bond acceptors (Lipinski definition) is 5. The van der Waals surface area contributed by atoms with E-state index >= 15 is 0 Å². The van der Waals surface area contributed by atoms with Gasteiger partial charge in [-0.3, -0.25) is 4.79 Å². The minimum Gasteiger partial charge on any atom is -0.493 e. The van der Waals surface area contributed by atoms with Gasteiger partial charge in [0.1, 0.15) is 17.4 Å². The molecule has 1 aliphatic heterocycles. The van der Waals surface area contributed by atoms with Gasteiger partial charge in [0.05, 0.1) is 12.2 Å². The molecule has 7 heteroatoms. The fourth-order valence-corrected chi connectivity index (χ4v) is 4.31. The molecule has 0 saturated carbocycles. The van der Waals surface area contributed by atoms with Gasteiger partial charge >= 0.3 is 0 Å². The molecule has 3 N–H and O–H groups in total. The third kappa shape index (κ3) is 7.02. The normalized spacial score (nSPS) is 14.9. The van der Waals surface area contributed by atoms with Gasteiger partial charge in [-0.1, -0.05) is 25.1 Å². The smallest absolute Gasteiger partial charge is 0.250 e. The number of aromatic nitrogens is 1. The van der Waals surface area contributed by atoms with Crippen LogP contribution in [0.25, 0.3) is 0 Å². The van der Waals surface area contributed by atoms with Gasteiger partial charge in [-0.2, -0.15) is 0 Å². The second-order valence-electron chi connectivity index (χ2n) is 9.40. The third-order valence-corrected chi connectivity index (χ3v) is 6.61. The van der Waals surface area contributed by atoms with Crippen molar-refractivity contribution in [3.8, 4) is 5.75 Å². The molecule has 1 amide bonds. The monoisotopic (exact) mass is 477 g/mol. The van der Waals surface area contributed by atoms with Gasteiger partial charge in [0.25, 0.3) is 5.91 Å². The molecule has 1 saturated heterocycles. The molecule has 0 bridgehead atoms.